The Hall–Kier alpha value is -3.32. The molecule has 0 radical (unpaired) electrons. The van der Waals surface area contributed by atoms with Gasteiger partial charge in [-0.05, 0) is 37.3 Å². The number of ether oxygens (including phenoxy) is 2. The van der Waals surface area contributed by atoms with Crippen molar-refractivity contribution in [3.8, 4) is 22.1 Å². The topological polar surface area (TPSA) is 73.6 Å². The lowest BCUT2D eigenvalue weighted by atomic mass is 10.2. The highest BCUT2D eigenvalue weighted by Crippen LogP contribution is 2.33. The molecule has 7 heteroatoms. The Morgan fingerprint density at radius 3 is 2.66 bits per heavy atom. The molecule has 0 bridgehead atoms. The van der Waals surface area contributed by atoms with Gasteiger partial charge in [-0.3, -0.25) is 4.79 Å². The van der Waals surface area contributed by atoms with E-state index in [2.05, 4.69) is 10.3 Å². The van der Waals surface area contributed by atoms with Crippen LogP contribution in [0.25, 0.3) is 21.5 Å². The van der Waals surface area contributed by atoms with Gasteiger partial charge in [0.05, 0.1) is 20.3 Å². The fourth-order valence-electron chi connectivity index (χ4n) is 3.04. The lowest BCUT2D eigenvalue weighted by Crippen LogP contribution is -2.26. The molecule has 0 saturated carbocycles. The van der Waals surface area contributed by atoms with Crippen LogP contribution in [0.5, 0.6) is 11.5 Å². The van der Waals surface area contributed by atoms with Gasteiger partial charge in [0, 0.05) is 16.3 Å². The molecular weight excluding hydrogens is 388 g/mol. The van der Waals surface area contributed by atoms with E-state index >= 15 is 0 Å². The molecule has 29 heavy (non-hydrogen) atoms. The summed E-state index contributed by atoms with van der Waals surface area (Å²) < 4.78 is 16.4. The Morgan fingerprint density at radius 1 is 1.10 bits per heavy atom. The van der Waals surface area contributed by atoms with E-state index in [1.165, 1.54) is 11.3 Å². The van der Waals surface area contributed by atoms with Gasteiger partial charge in [-0.15, -0.1) is 11.3 Å². The van der Waals surface area contributed by atoms with Crippen LogP contribution in [0, 0.1) is 0 Å². The van der Waals surface area contributed by atoms with Crippen LogP contribution in [-0.2, 0) is 0 Å². The minimum atomic E-state index is -0.277. The summed E-state index contributed by atoms with van der Waals surface area (Å²) in [7, 11) is 3.17. The van der Waals surface area contributed by atoms with E-state index in [9.17, 15) is 4.79 Å². The van der Waals surface area contributed by atoms with E-state index in [1.54, 1.807) is 19.6 Å². The number of nitrogens with zero attached hydrogens (tertiary/aromatic N) is 1. The Labute approximate surface area is 172 Å². The number of hydrogen-bond acceptors (Lipinski definition) is 6. The molecule has 1 amide bonds. The summed E-state index contributed by atoms with van der Waals surface area (Å²) in [6.07, 6.45) is 0. The molecule has 2 aromatic carbocycles. The third-order valence-corrected chi connectivity index (χ3v) is 5.48. The first-order chi connectivity index (χ1) is 14.1. The zero-order valence-corrected chi connectivity index (χ0v) is 17.1. The van der Waals surface area contributed by atoms with E-state index in [-0.39, 0.29) is 11.9 Å². The number of nitrogens with one attached hydrogen (secondary N) is 1. The van der Waals surface area contributed by atoms with Crippen molar-refractivity contribution < 1.29 is 18.7 Å². The van der Waals surface area contributed by atoms with Crippen LogP contribution in [0.4, 0.5) is 0 Å². The Morgan fingerprint density at radius 2 is 1.90 bits per heavy atom. The van der Waals surface area contributed by atoms with Crippen molar-refractivity contribution in [2.45, 2.75) is 13.0 Å². The SMILES string of the molecule is COc1ccc(-c2nc(C(=O)N[C@@H](C)c3cc4ccccc4o3)cs2)cc1OC. The van der Waals surface area contributed by atoms with Gasteiger partial charge in [-0.1, -0.05) is 18.2 Å². The van der Waals surface area contributed by atoms with E-state index in [0.717, 1.165) is 21.5 Å². The first-order valence-electron chi connectivity index (χ1n) is 9.06. The van der Waals surface area contributed by atoms with E-state index in [0.29, 0.717) is 23.0 Å². The standard InChI is InChI=1S/C22H20N2O4S/c1-13(19-10-14-6-4-5-7-17(14)28-19)23-21(25)16-12-29-22(24-16)15-8-9-18(26-2)20(11-15)27-3/h4-13H,1-3H3,(H,23,25)/t13-/m0/s1. The summed E-state index contributed by atoms with van der Waals surface area (Å²) in [4.78, 5) is 17.1. The first kappa shape index (κ1) is 19.0. The summed E-state index contributed by atoms with van der Waals surface area (Å²) in [5, 5.41) is 6.43. The molecule has 2 heterocycles. The molecule has 6 nitrogen and oxygen atoms in total. The van der Waals surface area contributed by atoms with Crippen LogP contribution in [0.3, 0.4) is 0 Å². The highest BCUT2D eigenvalue weighted by molar-refractivity contribution is 7.13. The molecule has 4 aromatic rings. The van der Waals surface area contributed by atoms with Crippen LogP contribution in [0.2, 0.25) is 0 Å². The normalized spacial score (nSPS) is 12.0. The number of amides is 1. The van der Waals surface area contributed by atoms with E-state index in [4.69, 9.17) is 13.9 Å². The average Bonchev–Trinajstić information content (AvgIpc) is 3.40. The number of para-hydroxylation sites is 1. The number of carbonyl (C=O) groups is 1. The number of thiazole rings is 1. The molecule has 0 aliphatic heterocycles. The molecule has 0 unspecified atom stereocenters. The zero-order chi connectivity index (χ0) is 20.4. The molecule has 0 aliphatic carbocycles. The lowest BCUT2D eigenvalue weighted by Gasteiger charge is -2.10. The molecule has 0 spiro atoms. The summed E-state index contributed by atoms with van der Waals surface area (Å²) in [6.45, 7) is 1.89. The maximum absolute atomic E-state index is 12.7. The first-order valence-corrected chi connectivity index (χ1v) is 9.94. The van der Waals surface area contributed by atoms with Crippen LogP contribution in [0.1, 0.15) is 29.2 Å². The maximum Gasteiger partial charge on any atom is 0.271 e. The summed E-state index contributed by atoms with van der Waals surface area (Å²) >= 11 is 1.40. The minimum Gasteiger partial charge on any atom is -0.493 e. The predicted molar refractivity (Wildman–Crippen MR) is 113 cm³/mol. The molecule has 4 rings (SSSR count). The molecular formula is C22H20N2O4S. The second-order valence-electron chi connectivity index (χ2n) is 6.49. The second-order valence-corrected chi connectivity index (χ2v) is 7.35. The number of hydrogen-bond donors (Lipinski definition) is 1. The molecule has 1 atom stereocenters. The van der Waals surface area contributed by atoms with Crippen LogP contribution >= 0.6 is 11.3 Å². The third kappa shape index (κ3) is 3.82. The van der Waals surface area contributed by atoms with Crippen molar-refractivity contribution in [2.75, 3.05) is 14.2 Å². The maximum atomic E-state index is 12.7. The number of aromatic nitrogens is 1. The largest absolute Gasteiger partial charge is 0.493 e. The number of rotatable bonds is 6. The van der Waals surface area contributed by atoms with Gasteiger partial charge in [0.2, 0.25) is 0 Å². The fourth-order valence-corrected chi connectivity index (χ4v) is 3.83. The Bertz CT molecular complexity index is 1130. The quantitative estimate of drug-likeness (QED) is 0.482. The average molecular weight is 408 g/mol. The Balaban J connectivity index is 1.51. The summed E-state index contributed by atoms with van der Waals surface area (Å²) in [6, 6.07) is 15.0. The predicted octanol–water partition coefficient (Wildman–Crippen LogP) is 5.06. The van der Waals surface area contributed by atoms with Gasteiger partial charge in [0.25, 0.3) is 5.91 Å². The molecule has 0 aliphatic rings. The fraction of sp³-hybridized carbons (Fsp3) is 0.182. The van der Waals surface area contributed by atoms with E-state index in [1.807, 2.05) is 55.5 Å². The number of fused-ring (bicyclic) bond motifs is 1. The zero-order valence-electron chi connectivity index (χ0n) is 16.3. The van der Waals surface area contributed by atoms with Crippen molar-refractivity contribution in [3.63, 3.8) is 0 Å². The van der Waals surface area contributed by atoms with Crippen molar-refractivity contribution >= 4 is 28.2 Å². The minimum absolute atomic E-state index is 0.249. The number of benzene rings is 2. The number of methoxy groups -OCH3 is 2. The molecule has 1 N–H and O–H groups in total. The van der Waals surface area contributed by atoms with Crippen molar-refractivity contribution in [2.24, 2.45) is 0 Å². The molecule has 148 valence electrons. The van der Waals surface area contributed by atoms with Gasteiger partial charge in [0.15, 0.2) is 11.5 Å². The van der Waals surface area contributed by atoms with Crippen LogP contribution in [0.15, 0.2) is 58.3 Å². The third-order valence-electron chi connectivity index (χ3n) is 4.59. The van der Waals surface area contributed by atoms with Gasteiger partial charge in [-0.2, -0.15) is 0 Å². The number of carbonyl (C=O) groups excluding carboxylic acids is 1. The highest BCUT2D eigenvalue weighted by atomic mass is 32.1. The van der Waals surface area contributed by atoms with Crippen molar-refractivity contribution in [1.82, 2.24) is 10.3 Å². The highest BCUT2D eigenvalue weighted by Gasteiger charge is 2.18. The number of furan rings is 1. The Kier molecular flexibility index (Phi) is 5.22. The summed E-state index contributed by atoms with van der Waals surface area (Å²) in [5.74, 6) is 1.71. The van der Waals surface area contributed by atoms with Crippen LogP contribution < -0.4 is 14.8 Å². The van der Waals surface area contributed by atoms with Crippen molar-refractivity contribution in [1.29, 1.82) is 0 Å². The van der Waals surface area contributed by atoms with Crippen LogP contribution in [-0.4, -0.2) is 25.1 Å². The molecule has 0 saturated heterocycles. The second kappa shape index (κ2) is 7.97. The van der Waals surface area contributed by atoms with Gasteiger partial charge >= 0.3 is 0 Å². The molecule has 2 aromatic heterocycles. The molecule has 0 fully saturated rings. The van der Waals surface area contributed by atoms with Gasteiger partial charge < -0.3 is 19.2 Å². The van der Waals surface area contributed by atoms with Gasteiger partial charge in [-0.25, -0.2) is 4.98 Å². The summed E-state index contributed by atoms with van der Waals surface area (Å²) in [5.41, 5.74) is 2.02. The van der Waals surface area contributed by atoms with Crippen molar-refractivity contribution in [3.05, 3.63) is 65.4 Å². The smallest absolute Gasteiger partial charge is 0.271 e. The monoisotopic (exact) mass is 408 g/mol. The van der Waals surface area contributed by atoms with E-state index < -0.39 is 0 Å². The van der Waals surface area contributed by atoms with Gasteiger partial charge in [0.1, 0.15) is 22.0 Å². The lowest BCUT2D eigenvalue weighted by molar-refractivity contribution is 0.0931.